The molecule has 2 aliphatic heterocycles. The quantitative estimate of drug-likeness (QED) is 0.299. The number of ether oxygens (including phenoxy) is 2. The molecule has 3 fully saturated rings. The molecule has 3 aromatic rings. The minimum atomic E-state index is -4.74. The molecular weight excluding hydrogens is 605 g/mol. The predicted molar refractivity (Wildman–Crippen MR) is 151 cm³/mol. The largest absolute Gasteiger partial charge is 0.482 e. The summed E-state index contributed by atoms with van der Waals surface area (Å²) in [4.78, 5) is 56.6. The second-order valence-corrected chi connectivity index (χ2v) is 13.3. The van der Waals surface area contributed by atoms with Gasteiger partial charge in [0.05, 0.1) is 34.7 Å². The van der Waals surface area contributed by atoms with E-state index in [0.29, 0.717) is 17.2 Å². The van der Waals surface area contributed by atoms with E-state index in [1.165, 1.54) is 30.0 Å². The van der Waals surface area contributed by atoms with Gasteiger partial charge in [0.15, 0.2) is 6.61 Å². The fraction of sp³-hybridized carbons (Fsp3) is 0.400. The van der Waals surface area contributed by atoms with Crippen LogP contribution in [0.5, 0.6) is 5.75 Å². The second kappa shape index (κ2) is 10.3. The lowest BCUT2D eigenvalue weighted by atomic mass is 9.68. The first kappa shape index (κ1) is 28.2. The molecule has 2 amide bonds. The van der Waals surface area contributed by atoms with Crippen molar-refractivity contribution in [2.45, 2.75) is 35.7 Å². The number of halogens is 3. The highest BCUT2D eigenvalue weighted by Gasteiger charge is 2.70. The number of nitrogens with one attached hydrogen (secondary N) is 1. The highest BCUT2D eigenvalue weighted by atomic mass is 32.2. The lowest BCUT2D eigenvalue weighted by Gasteiger charge is -2.43. The van der Waals surface area contributed by atoms with Gasteiger partial charge in [-0.2, -0.15) is 13.2 Å². The number of H-pyrrole nitrogens is 1. The lowest BCUT2D eigenvalue weighted by molar-refractivity contribution is -0.145. The first-order valence-electron chi connectivity index (χ1n) is 13.9. The van der Waals surface area contributed by atoms with Crippen LogP contribution >= 0.6 is 23.1 Å². The van der Waals surface area contributed by atoms with E-state index in [4.69, 9.17) is 9.47 Å². The average molecular weight is 631 g/mol. The normalized spacial score (nSPS) is 28.9. The number of esters is 1. The number of benzene rings is 2. The molecule has 1 saturated heterocycles. The highest BCUT2D eigenvalue weighted by molar-refractivity contribution is 8.00. The molecule has 4 aliphatic rings. The van der Waals surface area contributed by atoms with Crippen LogP contribution in [-0.4, -0.2) is 41.2 Å². The maximum absolute atomic E-state index is 13.9. The molecule has 8 nitrogen and oxygen atoms in total. The number of thiazole rings is 1. The summed E-state index contributed by atoms with van der Waals surface area (Å²) < 4.78 is 52.6. The maximum Gasteiger partial charge on any atom is 0.418 e. The number of imide groups is 1. The molecule has 1 N–H and O–H groups in total. The van der Waals surface area contributed by atoms with Crippen LogP contribution in [0.4, 0.5) is 18.9 Å². The molecule has 13 heteroatoms. The van der Waals surface area contributed by atoms with Crippen LogP contribution in [0.2, 0.25) is 0 Å². The van der Waals surface area contributed by atoms with Crippen molar-refractivity contribution in [2.75, 3.05) is 18.1 Å². The van der Waals surface area contributed by atoms with Crippen molar-refractivity contribution < 1.29 is 37.0 Å². The summed E-state index contributed by atoms with van der Waals surface area (Å²) in [5.41, 5.74) is -0.730. The molecule has 2 saturated carbocycles. The molecular formula is C30H25F3N2O6S2. The number of carbonyl (C=O) groups is 3. The maximum atomic E-state index is 13.9. The number of aromatic nitrogens is 1. The van der Waals surface area contributed by atoms with Crippen LogP contribution in [0.3, 0.4) is 0 Å². The van der Waals surface area contributed by atoms with Gasteiger partial charge in [0.25, 0.3) is 0 Å². The Morgan fingerprint density at radius 1 is 1.02 bits per heavy atom. The van der Waals surface area contributed by atoms with Crippen LogP contribution in [0.1, 0.15) is 35.3 Å². The third-order valence-corrected chi connectivity index (χ3v) is 11.7. The molecule has 7 atom stereocenters. The molecule has 1 aromatic heterocycles. The van der Waals surface area contributed by atoms with Gasteiger partial charge in [-0.05, 0) is 49.3 Å². The Balaban J connectivity index is 1.29. The number of aromatic amines is 1. The number of hydrogen-bond acceptors (Lipinski definition) is 8. The molecule has 2 aromatic carbocycles. The Bertz CT molecular complexity index is 1700. The lowest BCUT2D eigenvalue weighted by Crippen LogP contribution is -2.42. The van der Waals surface area contributed by atoms with Crippen LogP contribution < -0.4 is 14.5 Å². The van der Waals surface area contributed by atoms with E-state index in [1.807, 2.05) is 12.1 Å². The molecule has 2 bridgehead atoms. The number of anilines is 1. The van der Waals surface area contributed by atoms with E-state index in [-0.39, 0.29) is 47.0 Å². The summed E-state index contributed by atoms with van der Waals surface area (Å²) >= 11 is 2.55. The summed E-state index contributed by atoms with van der Waals surface area (Å²) in [6.45, 7) is 1.59. The Hall–Kier alpha value is -3.58. The minimum absolute atomic E-state index is 0.165. The number of para-hydroxylation sites is 2. The van der Waals surface area contributed by atoms with Crippen LogP contribution in [0.25, 0.3) is 0 Å². The zero-order chi connectivity index (χ0) is 30.2. The van der Waals surface area contributed by atoms with Gasteiger partial charge in [-0.25, -0.2) is 9.69 Å². The molecule has 0 spiro atoms. The number of alkyl halides is 3. The molecule has 2 aliphatic carbocycles. The van der Waals surface area contributed by atoms with E-state index < -0.39 is 47.0 Å². The Morgan fingerprint density at radius 2 is 1.72 bits per heavy atom. The summed E-state index contributed by atoms with van der Waals surface area (Å²) in [6, 6.07) is 11.9. The minimum Gasteiger partial charge on any atom is -0.482 e. The van der Waals surface area contributed by atoms with E-state index in [9.17, 15) is 32.3 Å². The van der Waals surface area contributed by atoms with Gasteiger partial charge in [-0.15, -0.1) is 11.8 Å². The van der Waals surface area contributed by atoms with Crippen LogP contribution in [0.15, 0.2) is 58.4 Å². The molecule has 224 valence electrons. The topological polar surface area (TPSA) is 106 Å². The third kappa shape index (κ3) is 4.34. The zero-order valence-corrected chi connectivity index (χ0v) is 24.3. The average Bonchev–Trinajstić information content (AvgIpc) is 3.70. The van der Waals surface area contributed by atoms with Crippen molar-refractivity contribution in [1.29, 1.82) is 0 Å². The SMILES string of the molecule is CCOC(=O)COc1ccccc1[C@H]1c2sc(=O)[nH]c2SC2C1[C@H]1C[C@@H]2C2C(=O)N(c3ccccc3C(F)(F)F)C(=O)C21. The van der Waals surface area contributed by atoms with Crippen LogP contribution in [0, 0.1) is 29.6 Å². The molecule has 4 unspecified atom stereocenters. The first-order valence-corrected chi connectivity index (χ1v) is 15.6. The van der Waals surface area contributed by atoms with Gasteiger partial charge >= 0.3 is 17.0 Å². The van der Waals surface area contributed by atoms with Crippen molar-refractivity contribution in [3.8, 4) is 5.75 Å². The number of fused-ring (bicyclic) bond motifs is 9. The Kier molecular flexibility index (Phi) is 6.73. The number of nitrogens with zero attached hydrogens (tertiary/aromatic N) is 1. The van der Waals surface area contributed by atoms with E-state index in [0.717, 1.165) is 32.7 Å². The van der Waals surface area contributed by atoms with Gasteiger partial charge in [-0.3, -0.25) is 14.4 Å². The van der Waals surface area contributed by atoms with Crippen molar-refractivity contribution in [3.63, 3.8) is 0 Å². The van der Waals surface area contributed by atoms with E-state index in [1.54, 1.807) is 19.1 Å². The first-order chi connectivity index (χ1) is 20.6. The standard InChI is InChI=1S/C30H25F3N2O6S2/c1-2-40-19(36)12-41-18-10-6-3-7-13(18)20-21-14-11-15(24(21)42-26-25(20)43-29(39)34-26)23-22(14)27(37)35(28(23)38)17-9-5-4-8-16(17)30(31,32)33/h3-10,14-15,20-24H,2,11-12H2,1H3,(H,34,39)/t14-,15-,20-,21?,22?,23?,24?/m1/s1. The van der Waals surface area contributed by atoms with Gasteiger partial charge in [0.1, 0.15) is 5.75 Å². The molecule has 43 heavy (non-hydrogen) atoms. The van der Waals surface area contributed by atoms with Gasteiger partial charge in [0, 0.05) is 21.6 Å². The second-order valence-electron chi connectivity index (χ2n) is 11.1. The van der Waals surface area contributed by atoms with Crippen molar-refractivity contribution in [2.24, 2.45) is 29.6 Å². The fourth-order valence-electron chi connectivity index (χ4n) is 7.72. The van der Waals surface area contributed by atoms with Gasteiger partial charge < -0.3 is 14.5 Å². The molecule has 7 rings (SSSR count). The van der Waals surface area contributed by atoms with E-state index >= 15 is 0 Å². The molecule has 0 radical (unpaired) electrons. The third-order valence-electron chi connectivity index (χ3n) is 9.08. The molecule has 3 heterocycles. The summed E-state index contributed by atoms with van der Waals surface area (Å²) in [7, 11) is 0. The number of carbonyl (C=O) groups excluding carboxylic acids is 3. The van der Waals surface area contributed by atoms with Crippen molar-refractivity contribution >= 4 is 46.6 Å². The Labute approximate surface area is 251 Å². The van der Waals surface area contributed by atoms with Crippen molar-refractivity contribution in [3.05, 3.63) is 74.2 Å². The summed E-state index contributed by atoms with van der Waals surface area (Å²) in [6.07, 6.45) is -4.17. The number of rotatable bonds is 6. The monoisotopic (exact) mass is 630 g/mol. The van der Waals surface area contributed by atoms with E-state index in [2.05, 4.69) is 4.98 Å². The summed E-state index contributed by atoms with van der Waals surface area (Å²) in [5, 5.41) is 0.517. The predicted octanol–water partition coefficient (Wildman–Crippen LogP) is 5.08. The smallest absolute Gasteiger partial charge is 0.418 e. The summed E-state index contributed by atoms with van der Waals surface area (Å²) in [5.74, 6) is -3.97. The van der Waals surface area contributed by atoms with Crippen molar-refractivity contribution in [1.82, 2.24) is 4.98 Å². The number of hydrogen-bond donors (Lipinski definition) is 1. The number of amides is 2. The highest BCUT2D eigenvalue weighted by Crippen LogP contribution is 2.69. The van der Waals surface area contributed by atoms with Crippen LogP contribution in [-0.2, 0) is 25.3 Å². The zero-order valence-electron chi connectivity index (χ0n) is 22.6. The van der Waals surface area contributed by atoms with Gasteiger partial charge in [-0.1, -0.05) is 41.7 Å². The fourth-order valence-corrected chi connectivity index (χ4v) is 10.6. The number of thioether (sulfide) groups is 1. The Morgan fingerprint density at radius 3 is 2.47 bits per heavy atom. The van der Waals surface area contributed by atoms with Gasteiger partial charge in [0.2, 0.25) is 11.8 Å².